The lowest BCUT2D eigenvalue weighted by Crippen LogP contribution is -2.54. The van der Waals surface area contributed by atoms with Gasteiger partial charge in [-0.05, 0) is 12.1 Å². The van der Waals surface area contributed by atoms with Gasteiger partial charge in [0.1, 0.15) is 29.8 Å². The van der Waals surface area contributed by atoms with Crippen LogP contribution in [-0.2, 0) is 4.74 Å². The number of rotatable bonds is 4. The van der Waals surface area contributed by atoms with Crippen LogP contribution >= 0.6 is 0 Å². The molecule has 0 aliphatic carbocycles. The average Bonchev–Trinajstić information content (AvgIpc) is 2.76. The zero-order valence-electron chi connectivity index (χ0n) is 17.0. The van der Waals surface area contributed by atoms with Crippen molar-refractivity contribution in [2.24, 2.45) is 0 Å². The molecule has 2 aromatic carbocycles. The van der Waals surface area contributed by atoms with Gasteiger partial charge in [0.25, 0.3) is 5.75 Å². The summed E-state index contributed by atoms with van der Waals surface area (Å²) in [4.78, 5) is 10.6. The molecule has 0 radical (unpaired) electrons. The van der Waals surface area contributed by atoms with Crippen LogP contribution in [0.4, 0.5) is 0 Å². The zero-order valence-corrected chi connectivity index (χ0v) is 17.0. The Morgan fingerprint density at radius 1 is 0.970 bits per heavy atom. The Kier molecular flexibility index (Phi) is 5.68. The van der Waals surface area contributed by atoms with Crippen LogP contribution in [0.25, 0.3) is 22.3 Å². The van der Waals surface area contributed by atoms with Crippen molar-refractivity contribution in [3.05, 3.63) is 29.7 Å². The molecule has 1 aliphatic heterocycles. The number of hydrogen-bond acceptors (Lipinski definition) is 11. The topological polar surface area (TPSA) is 204 Å². The van der Waals surface area contributed by atoms with E-state index in [-0.39, 0.29) is 40.4 Å². The lowest BCUT2D eigenvalue weighted by molar-refractivity contribution is -0.242. The van der Waals surface area contributed by atoms with E-state index in [4.69, 9.17) is 18.6 Å². The molecule has 4 rings (SSSR count). The van der Waals surface area contributed by atoms with Crippen LogP contribution in [0.2, 0.25) is 0 Å². The molecule has 0 saturated carbocycles. The Morgan fingerprint density at radius 3 is 2.39 bits per heavy atom. The maximum Gasteiger partial charge on any atom is 0.400 e. The standard InChI is InChI=1S/C21H20O12/c1-30-20-17(28)14-9(23)4-8(22)5-12(14)32-19(20)7-2-10(24)15(26)13(3-7)33-21-18(29)16(27)11(25)6-31-21/h2-5,11,16,18,21-27,29H,6H2,1H3/p+1. The van der Waals surface area contributed by atoms with E-state index in [1.807, 2.05) is 0 Å². The number of aliphatic hydroxyl groups excluding tert-OH is 3. The highest BCUT2D eigenvalue weighted by Crippen LogP contribution is 2.43. The smallest absolute Gasteiger partial charge is 0.400 e. The average molecular weight is 465 g/mol. The van der Waals surface area contributed by atoms with Crippen LogP contribution in [0.1, 0.15) is 0 Å². The quantitative estimate of drug-likeness (QED) is 0.198. The van der Waals surface area contributed by atoms with Crippen molar-refractivity contribution in [2.75, 3.05) is 13.7 Å². The summed E-state index contributed by atoms with van der Waals surface area (Å²) in [5, 5.41) is 69.6. The number of phenolic OH excluding ortho intramolecular Hbond substituents is 4. The van der Waals surface area contributed by atoms with Crippen molar-refractivity contribution in [3.63, 3.8) is 0 Å². The molecule has 1 fully saturated rings. The van der Waals surface area contributed by atoms with Crippen molar-refractivity contribution >= 4 is 11.0 Å². The molecular formula is C21H21O12+. The first-order chi connectivity index (χ1) is 15.6. The van der Waals surface area contributed by atoms with Crippen molar-refractivity contribution in [2.45, 2.75) is 24.6 Å². The summed E-state index contributed by atoms with van der Waals surface area (Å²) in [7, 11) is 1.22. The third kappa shape index (κ3) is 3.85. The van der Waals surface area contributed by atoms with Crippen LogP contribution in [0.3, 0.4) is 0 Å². The first-order valence-electron chi connectivity index (χ1n) is 9.60. The van der Waals surface area contributed by atoms with Gasteiger partial charge < -0.3 is 54.4 Å². The van der Waals surface area contributed by atoms with Gasteiger partial charge in [-0.25, -0.2) is 0 Å². The lowest BCUT2D eigenvalue weighted by atomic mass is 10.1. The predicted octanol–water partition coefficient (Wildman–Crippen LogP) is -0.247. The first-order valence-corrected chi connectivity index (χ1v) is 9.60. The number of benzene rings is 2. The zero-order chi connectivity index (χ0) is 24.0. The normalized spacial score (nSPS) is 22.9. The SMILES string of the molecule is COc1c(-c2cc(O)c(O)c(OC3OCC(O)C(O)C3O)c2)oc2cc(O)cc(O)c2c1=[OH+]. The number of hydrogen-bond donors (Lipinski definition) is 7. The minimum absolute atomic E-state index is 0.0167. The molecule has 1 aromatic heterocycles. The maximum atomic E-state index is 10.6. The first kappa shape index (κ1) is 22.5. The van der Waals surface area contributed by atoms with Crippen LogP contribution in [0.5, 0.6) is 34.5 Å². The molecule has 176 valence electrons. The van der Waals surface area contributed by atoms with Crippen LogP contribution in [0, 0.1) is 0 Å². The Balaban J connectivity index is 1.84. The third-order valence-electron chi connectivity index (χ3n) is 5.15. The number of ether oxygens (including phenoxy) is 3. The number of aromatic hydroxyl groups is 4. The summed E-state index contributed by atoms with van der Waals surface area (Å²) in [6, 6.07) is 4.36. The summed E-state index contributed by atoms with van der Waals surface area (Å²) in [5.74, 6) is -3.04. The van der Waals surface area contributed by atoms with Crippen LogP contribution in [0.15, 0.2) is 28.7 Å². The van der Waals surface area contributed by atoms with Gasteiger partial charge in [-0.2, -0.15) is 0 Å². The molecule has 12 nitrogen and oxygen atoms in total. The number of methoxy groups -OCH3 is 1. The monoisotopic (exact) mass is 465 g/mol. The molecule has 1 aliphatic rings. The van der Waals surface area contributed by atoms with Crippen LogP contribution in [-0.4, -0.2) is 78.9 Å². The van der Waals surface area contributed by atoms with E-state index in [1.54, 1.807) is 0 Å². The van der Waals surface area contributed by atoms with E-state index in [9.17, 15) is 40.5 Å². The third-order valence-corrected chi connectivity index (χ3v) is 5.15. The maximum absolute atomic E-state index is 10.6. The highest BCUT2D eigenvalue weighted by molar-refractivity contribution is 5.88. The van der Waals surface area contributed by atoms with Crippen molar-refractivity contribution in [1.29, 1.82) is 0 Å². The fourth-order valence-corrected chi connectivity index (χ4v) is 3.48. The molecule has 0 amide bonds. The van der Waals surface area contributed by atoms with E-state index >= 15 is 0 Å². The van der Waals surface area contributed by atoms with Gasteiger partial charge in [-0.15, -0.1) is 0 Å². The Bertz CT molecular complexity index is 1270. The van der Waals surface area contributed by atoms with Gasteiger partial charge >= 0.3 is 5.43 Å². The second kappa shape index (κ2) is 8.33. The summed E-state index contributed by atoms with van der Waals surface area (Å²) in [5.41, 5.74) is -0.633. The summed E-state index contributed by atoms with van der Waals surface area (Å²) in [6.45, 7) is -0.357. The van der Waals surface area contributed by atoms with E-state index in [0.717, 1.165) is 24.3 Å². The largest absolute Gasteiger partial charge is 0.508 e. The number of aliphatic hydroxyl groups is 3. The van der Waals surface area contributed by atoms with E-state index < -0.39 is 53.0 Å². The molecule has 1 saturated heterocycles. The highest BCUT2D eigenvalue weighted by atomic mass is 16.7. The number of fused-ring (bicyclic) bond motifs is 1. The minimum atomic E-state index is -1.67. The molecule has 3 aromatic rings. The van der Waals surface area contributed by atoms with Gasteiger partial charge in [0.15, 0.2) is 28.2 Å². The second-order valence-corrected chi connectivity index (χ2v) is 7.36. The molecule has 12 heteroatoms. The Labute approximate surface area is 184 Å². The Hall–Kier alpha value is -3.71. The second-order valence-electron chi connectivity index (χ2n) is 7.36. The van der Waals surface area contributed by atoms with Crippen molar-refractivity contribution in [3.8, 4) is 45.8 Å². The van der Waals surface area contributed by atoms with Crippen LogP contribution < -0.4 is 14.9 Å². The molecule has 33 heavy (non-hydrogen) atoms. The number of phenols is 4. The molecular weight excluding hydrogens is 444 g/mol. The van der Waals surface area contributed by atoms with Gasteiger partial charge in [-0.1, -0.05) is 0 Å². The Morgan fingerprint density at radius 2 is 1.70 bits per heavy atom. The molecule has 2 heterocycles. The molecule has 0 bridgehead atoms. The van der Waals surface area contributed by atoms with Gasteiger partial charge in [0.05, 0.1) is 13.7 Å². The molecule has 0 spiro atoms. The van der Waals surface area contributed by atoms with Gasteiger partial charge in [0, 0.05) is 17.7 Å². The van der Waals surface area contributed by atoms with Gasteiger partial charge in [0.2, 0.25) is 12.0 Å². The molecule has 8 N–H and O–H groups in total. The summed E-state index contributed by atoms with van der Waals surface area (Å²) < 4.78 is 21.5. The summed E-state index contributed by atoms with van der Waals surface area (Å²) in [6.07, 6.45) is -6.09. The molecule has 4 atom stereocenters. The van der Waals surface area contributed by atoms with E-state index in [1.165, 1.54) is 7.11 Å². The van der Waals surface area contributed by atoms with Crippen molar-refractivity contribution < 1.29 is 59.2 Å². The van der Waals surface area contributed by atoms with Gasteiger partial charge in [-0.3, -0.25) is 4.79 Å². The fraction of sp³-hybridized carbons (Fsp3) is 0.286. The summed E-state index contributed by atoms with van der Waals surface area (Å²) >= 11 is 0. The predicted molar refractivity (Wildman–Crippen MR) is 108 cm³/mol. The van der Waals surface area contributed by atoms with Crippen molar-refractivity contribution in [1.82, 2.24) is 0 Å². The lowest BCUT2D eigenvalue weighted by Gasteiger charge is -2.35. The van der Waals surface area contributed by atoms with E-state index in [2.05, 4.69) is 0 Å². The fourth-order valence-electron chi connectivity index (χ4n) is 3.48. The highest BCUT2D eigenvalue weighted by Gasteiger charge is 2.39. The minimum Gasteiger partial charge on any atom is -0.508 e. The van der Waals surface area contributed by atoms with E-state index in [0.29, 0.717) is 0 Å². The molecule has 4 unspecified atom stereocenters.